The van der Waals surface area contributed by atoms with Crippen LogP contribution in [-0.2, 0) is 0 Å². The van der Waals surface area contributed by atoms with E-state index < -0.39 is 0 Å². The van der Waals surface area contributed by atoms with Gasteiger partial charge in [-0.2, -0.15) is 0 Å². The first-order valence-corrected chi connectivity index (χ1v) is 9.18. The van der Waals surface area contributed by atoms with Gasteiger partial charge in [-0.25, -0.2) is 13.9 Å². The molecule has 2 aromatic carbocycles. The maximum atomic E-state index is 13.3. The Balaban J connectivity index is 1.40. The van der Waals surface area contributed by atoms with Crippen molar-refractivity contribution < 1.29 is 14.0 Å². The molecule has 4 rings (SSSR count). The quantitative estimate of drug-likeness (QED) is 0.703. The number of nitrogens with one attached hydrogen (secondary N) is 1. The number of amides is 2. The third-order valence-corrected chi connectivity index (χ3v) is 5.05. The van der Waals surface area contributed by atoms with E-state index in [1.807, 2.05) is 4.68 Å². The number of piperidine rings is 1. The van der Waals surface area contributed by atoms with Crippen LogP contribution >= 0.6 is 0 Å². The Morgan fingerprint density at radius 1 is 1.14 bits per heavy atom. The van der Waals surface area contributed by atoms with Crippen LogP contribution in [0.4, 0.5) is 14.9 Å². The van der Waals surface area contributed by atoms with E-state index in [1.54, 1.807) is 35.2 Å². The maximum Gasteiger partial charge on any atom is 0.321 e. The summed E-state index contributed by atoms with van der Waals surface area (Å²) in [6, 6.07) is 11.3. The summed E-state index contributed by atoms with van der Waals surface area (Å²) in [7, 11) is 0. The minimum Gasteiger partial charge on any atom is -0.324 e. The van der Waals surface area contributed by atoms with Crippen LogP contribution in [0.2, 0.25) is 0 Å². The zero-order chi connectivity index (χ0) is 19.7. The highest BCUT2D eigenvalue weighted by Gasteiger charge is 2.25. The Labute approximate surface area is 161 Å². The fourth-order valence-electron chi connectivity index (χ4n) is 3.52. The van der Waals surface area contributed by atoms with E-state index in [4.69, 9.17) is 0 Å². The molecular weight excluding hydrogens is 361 g/mol. The van der Waals surface area contributed by atoms with E-state index in [2.05, 4.69) is 15.6 Å². The Morgan fingerprint density at radius 2 is 1.93 bits per heavy atom. The standard InChI is InChI=1S/C20H20FN5O2/c1-13(27)14-3-2-4-16(11-14)22-20(28)25-9-7-17(8-10-25)26-19-6-5-15(21)12-18(19)23-24-26/h2-6,11-12,17H,7-10H2,1H3,(H,22,28). The van der Waals surface area contributed by atoms with Crippen molar-refractivity contribution in [1.29, 1.82) is 0 Å². The van der Waals surface area contributed by atoms with Crippen LogP contribution in [0.5, 0.6) is 0 Å². The minimum absolute atomic E-state index is 0.0446. The summed E-state index contributed by atoms with van der Waals surface area (Å²) in [4.78, 5) is 25.8. The summed E-state index contributed by atoms with van der Waals surface area (Å²) in [5, 5.41) is 11.1. The van der Waals surface area contributed by atoms with Crippen molar-refractivity contribution in [2.45, 2.75) is 25.8 Å². The molecule has 0 aliphatic carbocycles. The van der Waals surface area contributed by atoms with E-state index >= 15 is 0 Å². The molecule has 28 heavy (non-hydrogen) atoms. The number of aromatic nitrogens is 3. The van der Waals surface area contributed by atoms with E-state index in [0.717, 1.165) is 18.4 Å². The first-order chi connectivity index (χ1) is 13.5. The van der Waals surface area contributed by atoms with Crippen LogP contribution in [0, 0.1) is 5.82 Å². The predicted molar refractivity (Wildman–Crippen MR) is 103 cm³/mol. The number of halogens is 1. The Hall–Kier alpha value is -3.29. The third-order valence-electron chi connectivity index (χ3n) is 5.05. The van der Waals surface area contributed by atoms with Gasteiger partial charge in [-0.05, 0) is 44.0 Å². The molecule has 8 heteroatoms. The number of hydrogen-bond acceptors (Lipinski definition) is 4. The lowest BCUT2D eigenvalue weighted by Gasteiger charge is -2.32. The second-order valence-corrected chi connectivity index (χ2v) is 6.95. The summed E-state index contributed by atoms with van der Waals surface area (Å²) in [6.45, 7) is 2.64. The van der Waals surface area contributed by atoms with Gasteiger partial charge in [0.15, 0.2) is 5.78 Å². The number of carbonyl (C=O) groups is 2. The highest BCUT2D eigenvalue weighted by Crippen LogP contribution is 2.26. The molecule has 1 aliphatic heterocycles. The highest BCUT2D eigenvalue weighted by molar-refractivity contribution is 5.96. The molecule has 1 N–H and O–H groups in total. The molecule has 2 heterocycles. The molecule has 1 fully saturated rings. The van der Waals surface area contributed by atoms with Gasteiger partial charge in [0.1, 0.15) is 11.3 Å². The lowest BCUT2D eigenvalue weighted by Crippen LogP contribution is -2.41. The van der Waals surface area contributed by atoms with Crippen LogP contribution in [-0.4, -0.2) is 44.8 Å². The molecule has 0 unspecified atom stereocenters. The molecule has 7 nitrogen and oxygen atoms in total. The molecule has 2 amide bonds. The monoisotopic (exact) mass is 381 g/mol. The molecule has 3 aromatic rings. The average Bonchev–Trinajstić information content (AvgIpc) is 3.11. The fraction of sp³-hybridized carbons (Fsp3) is 0.300. The van der Waals surface area contributed by atoms with E-state index in [9.17, 15) is 14.0 Å². The van der Waals surface area contributed by atoms with Crippen LogP contribution in [0.1, 0.15) is 36.2 Å². The summed E-state index contributed by atoms with van der Waals surface area (Å²) in [5.74, 6) is -0.378. The molecule has 0 radical (unpaired) electrons. The Morgan fingerprint density at radius 3 is 2.68 bits per heavy atom. The van der Waals surface area contributed by atoms with Gasteiger partial charge in [-0.15, -0.1) is 5.10 Å². The predicted octanol–water partition coefficient (Wildman–Crippen LogP) is 3.64. The first-order valence-electron chi connectivity index (χ1n) is 9.18. The van der Waals surface area contributed by atoms with Gasteiger partial charge in [-0.3, -0.25) is 4.79 Å². The number of nitrogens with zero attached hydrogens (tertiary/aromatic N) is 4. The van der Waals surface area contributed by atoms with E-state index in [1.165, 1.54) is 19.1 Å². The molecule has 0 atom stereocenters. The van der Waals surface area contributed by atoms with Crippen molar-refractivity contribution >= 4 is 28.5 Å². The van der Waals surface area contributed by atoms with Crippen molar-refractivity contribution in [3.63, 3.8) is 0 Å². The topological polar surface area (TPSA) is 80.1 Å². The zero-order valence-corrected chi connectivity index (χ0v) is 15.4. The van der Waals surface area contributed by atoms with E-state index in [0.29, 0.717) is 29.9 Å². The number of Topliss-reactive ketones (excluding diaryl/α,β-unsaturated/α-hetero) is 1. The number of benzene rings is 2. The molecular formula is C20H20FN5O2. The Bertz CT molecular complexity index is 1040. The van der Waals surface area contributed by atoms with Crippen molar-refractivity contribution in [3.05, 3.63) is 53.8 Å². The van der Waals surface area contributed by atoms with Crippen LogP contribution in [0.3, 0.4) is 0 Å². The lowest BCUT2D eigenvalue weighted by molar-refractivity contribution is 0.101. The number of urea groups is 1. The summed E-state index contributed by atoms with van der Waals surface area (Å²) >= 11 is 0. The second kappa shape index (κ2) is 7.38. The number of ketones is 1. The molecule has 1 aliphatic rings. The SMILES string of the molecule is CC(=O)c1cccc(NC(=O)N2CCC(n3nnc4cc(F)ccc43)CC2)c1. The maximum absolute atomic E-state index is 13.3. The van der Waals surface area contributed by atoms with Crippen molar-refractivity contribution in [1.82, 2.24) is 19.9 Å². The Kier molecular flexibility index (Phi) is 4.77. The van der Waals surface area contributed by atoms with Crippen LogP contribution in [0.15, 0.2) is 42.5 Å². The fourth-order valence-corrected chi connectivity index (χ4v) is 3.52. The summed E-state index contributed by atoms with van der Waals surface area (Å²) in [6.07, 6.45) is 1.47. The van der Waals surface area contributed by atoms with Gasteiger partial charge in [0, 0.05) is 30.4 Å². The third kappa shape index (κ3) is 3.58. The molecule has 0 bridgehead atoms. The highest BCUT2D eigenvalue weighted by atomic mass is 19.1. The van der Waals surface area contributed by atoms with Gasteiger partial charge in [0.2, 0.25) is 0 Å². The first kappa shape index (κ1) is 18.1. The van der Waals surface area contributed by atoms with Gasteiger partial charge in [0.25, 0.3) is 0 Å². The second-order valence-electron chi connectivity index (χ2n) is 6.95. The lowest BCUT2D eigenvalue weighted by atomic mass is 10.1. The van der Waals surface area contributed by atoms with E-state index in [-0.39, 0.29) is 23.7 Å². The number of hydrogen-bond donors (Lipinski definition) is 1. The number of fused-ring (bicyclic) bond motifs is 1. The smallest absolute Gasteiger partial charge is 0.321 e. The van der Waals surface area contributed by atoms with Crippen molar-refractivity contribution in [2.75, 3.05) is 18.4 Å². The molecule has 1 saturated heterocycles. The molecule has 144 valence electrons. The molecule has 1 aromatic heterocycles. The van der Waals surface area contributed by atoms with Crippen LogP contribution in [0.25, 0.3) is 11.0 Å². The summed E-state index contributed by atoms with van der Waals surface area (Å²) < 4.78 is 15.1. The number of carbonyl (C=O) groups excluding carboxylic acids is 2. The normalized spacial score (nSPS) is 15.0. The zero-order valence-electron chi connectivity index (χ0n) is 15.4. The van der Waals surface area contributed by atoms with Crippen molar-refractivity contribution in [3.8, 4) is 0 Å². The number of anilines is 1. The minimum atomic E-state index is -0.333. The van der Waals surface area contributed by atoms with Gasteiger partial charge < -0.3 is 10.2 Å². The average molecular weight is 381 g/mol. The number of likely N-dealkylation sites (tertiary alicyclic amines) is 1. The molecule has 0 saturated carbocycles. The summed E-state index contributed by atoms with van der Waals surface area (Å²) in [5.41, 5.74) is 2.49. The van der Waals surface area contributed by atoms with Gasteiger partial charge >= 0.3 is 6.03 Å². The largest absolute Gasteiger partial charge is 0.324 e. The van der Waals surface area contributed by atoms with Crippen LogP contribution < -0.4 is 5.32 Å². The van der Waals surface area contributed by atoms with Gasteiger partial charge in [-0.1, -0.05) is 17.3 Å². The molecule has 0 spiro atoms. The van der Waals surface area contributed by atoms with Crippen molar-refractivity contribution in [2.24, 2.45) is 0 Å². The van der Waals surface area contributed by atoms with Gasteiger partial charge in [0.05, 0.1) is 11.6 Å². The number of rotatable bonds is 3.